The van der Waals surface area contributed by atoms with E-state index in [1.807, 2.05) is 43.3 Å². The highest BCUT2D eigenvalue weighted by molar-refractivity contribution is 6.26. The lowest BCUT2D eigenvalue weighted by molar-refractivity contribution is -0.383. The van der Waals surface area contributed by atoms with E-state index >= 15 is 0 Å². The molecular formula is C21H16N4O4. The molecule has 0 atom stereocenters. The third-order valence-corrected chi connectivity index (χ3v) is 4.79. The fourth-order valence-electron chi connectivity index (χ4n) is 3.32. The summed E-state index contributed by atoms with van der Waals surface area (Å²) < 4.78 is 0. The van der Waals surface area contributed by atoms with Crippen molar-refractivity contribution in [2.45, 2.75) is 0 Å². The maximum atomic E-state index is 12.9. The molecular weight excluding hydrogens is 372 g/mol. The molecule has 0 bridgehead atoms. The molecule has 2 amide bonds. The summed E-state index contributed by atoms with van der Waals surface area (Å²) in [6.07, 6.45) is 1.44. The topological polar surface area (TPSA) is 96.1 Å². The van der Waals surface area contributed by atoms with E-state index in [0.29, 0.717) is 5.39 Å². The summed E-state index contributed by atoms with van der Waals surface area (Å²) in [5.74, 6) is -1.23. The minimum absolute atomic E-state index is 0.149. The van der Waals surface area contributed by atoms with E-state index in [2.05, 4.69) is 5.10 Å². The van der Waals surface area contributed by atoms with Crippen molar-refractivity contribution in [3.8, 4) is 0 Å². The number of anilines is 1. The second kappa shape index (κ2) is 6.83. The molecule has 1 aliphatic heterocycles. The van der Waals surface area contributed by atoms with Gasteiger partial charge in [-0.15, -0.1) is 0 Å². The van der Waals surface area contributed by atoms with Crippen LogP contribution in [0.2, 0.25) is 0 Å². The summed E-state index contributed by atoms with van der Waals surface area (Å²) >= 11 is 0. The molecule has 0 radical (unpaired) electrons. The lowest BCUT2D eigenvalue weighted by Gasteiger charge is -2.23. The molecule has 0 N–H and O–H groups in total. The molecule has 144 valence electrons. The Hall–Kier alpha value is -4.07. The van der Waals surface area contributed by atoms with Crippen LogP contribution in [0.5, 0.6) is 0 Å². The third-order valence-electron chi connectivity index (χ3n) is 4.79. The van der Waals surface area contributed by atoms with Gasteiger partial charge in [0.1, 0.15) is 0 Å². The van der Waals surface area contributed by atoms with Crippen LogP contribution in [0.25, 0.3) is 10.8 Å². The average Bonchev–Trinajstić information content (AvgIpc) is 2.71. The number of rotatable bonds is 4. The van der Waals surface area contributed by atoms with Crippen molar-refractivity contribution in [3.63, 3.8) is 0 Å². The van der Waals surface area contributed by atoms with Crippen LogP contribution in [0.1, 0.15) is 26.3 Å². The minimum atomic E-state index is -0.616. The van der Waals surface area contributed by atoms with Gasteiger partial charge in [0.15, 0.2) is 0 Å². The SMILES string of the molecule is CN(C)c1ccc(C=NN2C(=O)c3cccc4c([N+](=O)[O-])ccc(c34)C2=O)cc1. The van der Waals surface area contributed by atoms with Crippen molar-refractivity contribution in [2.24, 2.45) is 5.10 Å². The van der Waals surface area contributed by atoms with Crippen molar-refractivity contribution >= 4 is 40.2 Å². The minimum Gasteiger partial charge on any atom is -0.378 e. The van der Waals surface area contributed by atoms with Gasteiger partial charge in [-0.2, -0.15) is 10.1 Å². The van der Waals surface area contributed by atoms with Gasteiger partial charge in [0.05, 0.1) is 27.7 Å². The quantitative estimate of drug-likeness (QED) is 0.295. The van der Waals surface area contributed by atoms with Crippen LogP contribution in [0.15, 0.2) is 59.7 Å². The van der Waals surface area contributed by atoms with Crippen molar-refractivity contribution in [2.75, 3.05) is 19.0 Å². The fraction of sp³-hybridized carbons (Fsp3) is 0.0952. The molecule has 0 saturated heterocycles. The number of nitro benzene ring substituents is 1. The number of carbonyl (C=O) groups is 2. The monoisotopic (exact) mass is 388 g/mol. The third kappa shape index (κ3) is 3.00. The summed E-state index contributed by atoms with van der Waals surface area (Å²) in [5, 5.41) is 16.7. The average molecular weight is 388 g/mol. The molecule has 1 aliphatic rings. The Kier molecular flexibility index (Phi) is 4.31. The van der Waals surface area contributed by atoms with Gasteiger partial charge in [-0.3, -0.25) is 19.7 Å². The van der Waals surface area contributed by atoms with Gasteiger partial charge in [-0.05, 0) is 35.9 Å². The molecule has 8 heteroatoms. The number of benzene rings is 3. The second-order valence-corrected chi connectivity index (χ2v) is 6.77. The van der Waals surface area contributed by atoms with Crippen LogP contribution < -0.4 is 4.90 Å². The van der Waals surface area contributed by atoms with E-state index in [-0.39, 0.29) is 22.2 Å². The zero-order valence-electron chi connectivity index (χ0n) is 15.7. The number of imide groups is 1. The van der Waals surface area contributed by atoms with E-state index in [9.17, 15) is 19.7 Å². The largest absolute Gasteiger partial charge is 0.378 e. The molecule has 29 heavy (non-hydrogen) atoms. The summed E-state index contributed by atoms with van der Waals surface area (Å²) in [6.45, 7) is 0. The maximum Gasteiger partial charge on any atom is 0.282 e. The van der Waals surface area contributed by atoms with E-state index in [1.165, 1.54) is 24.4 Å². The van der Waals surface area contributed by atoms with Crippen LogP contribution >= 0.6 is 0 Å². The summed E-state index contributed by atoms with van der Waals surface area (Å²) in [4.78, 5) is 38.5. The smallest absolute Gasteiger partial charge is 0.282 e. The molecule has 1 heterocycles. The predicted molar refractivity (Wildman–Crippen MR) is 109 cm³/mol. The first kappa shape index (κ1) is 18.3. The maximum absolute atomic E-state index is 12.9. The van der Waals surface area contributed by atoms with Gasteiger partial charge in [-0.1, -0.05) is 18.2 Å². The number of nitro groups is 1. The van der Waals surface area contributed by atoms with Crippen LogP contribution in [0.4, 0.5) is 11.4 Å². The van der Waals surface area contributed by atoms with Gasteiger partial charge < -0.3 is 4.90 Å². The first-order valence-electron chi connectivity index (χ1n) is 8.79. The highest BCUT2D eigenvalue weighted by Crippen LogP contribution is 2.35. The fourth-order valence-corrected chi connectivity index (χ4v) is 3.32. The lowest BCUT2D eigenvalue weighted by Crippen LogP contribution is -2.36. The van der Waals surface area contributed by atoms with Crippen molar-refractivity contribution in [1.29, 1.82) is 0 Å². The van der Waals surface area contributed by atoms with E-state index in [0.717, 1.165) is 16.3 Å². The molecule has 3 aromatic rings. The van der Waals surface area contributed by atoms with Gasteiger partial charge in [-0.25, -0.2) is 0 Å². The normalized spacial score (nSPS) is 13.4. The zero-order chi connectivity index (χ0) is 20.7. The van der Waals surface area contributed by atoms with Gasteiger partial charge in [0.25, 0.3) is 17.5 Å². The number of amides is 2. The standard InChI is InChI=1S/C21H16N4O4/c1-23(2)14-8-6-13(7-9-14)12-22-24-20(26)16-5-3-4-15-18(25(28)29)11-10-17(19(15)16)21(24)27/h3-12H,1-2H3. The van der Waals surface area contributed by atoms with Crippen LogP contribution in [-0.2, 0) is 0 Å². The van der Waals surface area contributed by atoms with Crippen LogP contribution in [-0.4, -0.2) is 42.1 Å². The first-order chi connectivity index (χ1) is 13.9. The Morgan fingerprint density at radius 3 is 2.24 bits per heavy atom. The van der Waals surface area contributed by atoms with Crippen LogP contribution in [0, 0.1) is 10.1 Å². The molecule has 3 aromatic carbocycles. The summed E-state index contributed by atoms with van der Waals surface area (Å²) in [5.41, 5.74) is 2.00. The van der Waals surface area contributed by atoms with Gasteiger partial charge in [0.2, 0.25) is 0 Å². The molecule has 0 fully saturated rings. The Labute approximate surface area is 165 Å². The Bertz CT molecular complexity index is 1180. The van der Waals surface area contributed by atoms with Gasteiger partial charge >= 0.3 is 0 Å². The lowest BCUT2D eigenvalue weighted by atomic mass is 9.94. The highest BCUT2D eigenvalue weighted by atomic mass is 16.6. The molecule has 0 spiro atoms. The number of hydrazone groups is 1. The van der Waals surface area contributed by atoms with Crippen LogP contribution in [0.3, 0.4) is 0 Å². The Balaban J connectivity index is 1.74. The van der Waals surface area contributed by atoms with Crippen molar-refractivity contribution < 1.29 is 14.5 Å². The summed E-state index contributed by atoms with van der Waals surface area (Å²) in [6, 6.07) is 14.7. The molecule has 0 unspecified atom stereocenters. The number of hydrogen-bond donors (Lipinski definition) is 0. The van der Waals surface area contributed by atoms with E-state index < -0.39 is 16.7 Å². The number of hydrogen-bond acceptors (Lipinski definition) is 6. The molecule has 4 rings (SSSR count). The predicted octanol–water partition coefficient (Wildman–Crippen LogP) is 3.44. The zero-order valence-corrected chi connectivity index (χ0v) is 15.7. The number of nitrogens with zero attached hydrogens (tertiary/aromatic N) is 4. The molecule has 0 saturated carbocycles. The highest BCUT2D eigenvalue weighted by Gasteiger charge is 2.34. The van der Waals surface area contributed by atoms with Gasteiger partial charge in [0, 0.05) is 31.2 Å². The van der Waals surface area contributed by atoms with Crippen molar-refractivity contribution in [1.82, 2.24) is 5.01 Å². The van der Waals surface area contributed by atoms with Crippen molar-refractivity contribution in [3.05, 3.63) is 81.4 Å². The summed E-state index contributed by atoms with van der Waals surface area (Å²) in [7, 11) is 3.85. The number of carbonyl (C=O) groups excluding carboxylic acids is 2. The number of non-ortho nitro benzene ring substituents is 1. The molecule has 0 aliphatic carbocycles. The Morgan fingerprint density at radius 1 is 0.966 bits per heavy atom. The van der Waals surface area contributed by atoms with E-state index in [4.69, 9.17) is 0 Å². The molecule has 0 aromatic heterocycles. The second-order valence-electron chi connectivity index (χ2n) is 6.77. The van der Waals surface area contributed by atoms with E-state index in [1.54, 1.807) is 12.1 Å². The molecule has 8 nitrogen and oxygen atoms in total. The Morgan fingerprint density at radius 2 is 1.62 bits per heavy atom. The first-order valence-corrected chi connectivity index (χ1v) is 8.79.